The van der Waals surface area contributed by atoms with Crippen molar-refractivity contribution in [2.45, 2.75) is 70.9 Å². The lowest BCUT2D eigenvalue weighted by atomic mass is 9.94. The van der Waals surface area contributed by atoms with Gasteiger partial charge in [-0.2, -0.15) is 0 Å². The number of nitrogens with one attached hydrogen (secondary N) is 1. The number of halogens is 2. The lowest BCUT2D eigenvalue weighted by molar-refractivity contribution is 0.0504. The molecule has 0 radical (unpaired) electrons. The van der Waals surface area contributed by atoms with Gasteiger partial charge in [0, 0.05) is 38.0 Å². The zero-order valence-corrected chi connectivity index (χ0v) is 25.2. The van der Waals surface area contributed by atoms with Crippen LogP contribution in [0.2, 0.25) is 0 Å². The quantitative estimate of drug-likeness (QED) is 0.377. The Labute approximate surface area is 250 Å². The summed E-state index contributed by atoms with van der Waals surface area (Å²) >= 11 is 0. The van der Waals surface area contributed by atoms with Crippen LogP contribution in [0.1, 0.15) is 70.8 Å². The highest BCUT2D eigenvalue weighted by Crippen LogP contribution is 2.32. The number of alkyl carbamates (subject to hydrolysis) is 1. The third-order valence-electron chi connectivity index (χ3n) is 7.57. The number of hydrogen-bond acceptors (Lipinski definition) is 10. The molecule has 4 heterocycles. The summed E-state index contributed by atoms with van der Waals surface area (Å²) in [5.41, 5.74) is -0.530. The number of anilines is 2. The van der Waals surface area contributed by atoms with Crippen molar-refractivity contribution in [1.82, 2.24) is 25.5 Å². The second kappa shape index (κ2) is 12.7. The average Bonchev–Trinajstić information content (AvgIpc) is 3.61. The molecule has 2 saturated heterocycles. The van der Waals surface area contributed by atoms with Crippen molar-refractivity contribution in [3.05, 3.63) is 53.7 Å². The Morgan fingerprint density at radius 2 is 1.81 bits per heavy atom. The molecule has 13 heteroatoms. The molecule has 2 fully saturated rings. The third kappa shape index (κ3) is 7.68. The fourth-order valence-electron chi connectivity index (χ4n) is 5.33. The number of nitrogens with zero attached hydrogens (tertiary/aromatic N) is 6. The van der Waals surface area contributed by atoms with E-state index in [1.54, 1.807) is 33.2 Å². The number of hydrogen-bond donors (Lipinski definition) is 1. The van der Waals surface area contributed by atoms with Gasteiger partial charge in [0.15, 0.2) is 5.75 Å². The predicted octanol–water partition coefficient (Wildman–Crippen LogP) is 5.05. The first-order valence-electron chi connectivity index (χ1n) is 14.7. The minimum atomic E-state index is -0.705. The van der Waals surface area contributed by atoms with E-state index in [-0.39, 0.29) is 24.6 Å². The van der Waals surface area contributed by atoms with Crippen LogP contribution in [0.25, 0.3) is 0 Å². The maximum Gasteiger partial charge on any atom is 0.407 e. The van der Waals surface area contributed by atoms with E-state index in [0.29, 0.717) is 36.1 Å². The Balaban J connectivity index is 1.18. The van der Waals surface area contributed by atoms with Gasteiger partial charge in [-0.25, -0.2) is 23.5 Å². The highest BCUT2D eigenvalue weighted by Gasteiger charge is 2.38. The molecule has 232 valence electrons. The minimum Gasteiger partial charge on any atom is -0.490 e. The molecule has 0 aliphatic carbocycles. The first-order chi connectivity index (χ1) is 20.4. The van der Waals surface area contributed by atoms with Crippen LogP contribution >= 0.6 is 0 Å². The molecule has 11 nitrogen and oxygen atoms in total. The lowest BCUT2D eigenvalue weighted by Gasteiger charge is -2.30. The summed E-state index contributed by atoms with van der Waals surface area (Å²) in [5, 5.41) is 11.1. The van der Waals surface area contributed by atoms with Crippen LogP contribution in [-0.4, -0.2) is 70.7 Å². The Hall–Kier alpha value is -4.03. The van der Waals surface area contributed by atoms with Crippen molar-refractivity contribution in [1.29, 1.82) is 0 Å². The van der Waals surface area contributed by atoms with Gasteiger partial charge in [-0.05, 0) is 63.3 Å². The van der Waals surface area contributed by atoms with E-state index < -0.39 is 35.3 Å². The van der Waals surface area contributed by atoms with E-state index in [1.165, 1.54) is 6.07 Å². The number of amides is 1. The standard InChI is InChI=1S/C30H39F2N7O4/c1-18(2)26-36-37-28(42-26)38-10-8-19(9-11-38)17-41-21-13-33-27(34-14-21)39-15-23(22-12-20(31)6-7-24(22)32)25(16-39)35-29(40)43-30(3,4)5/h6-7,12-14,18-19,23,25H,8-11,15-17H2,1-5H3,(H,35,40)/t23-,25+/m1/s1. The van der Waals surface area contributed by atoms with Crippen LogP contribution < -0.4 is 19.9 Å². The van der Waals surface area contributed by atoms with E-state index in [4.69, 9.17) is 13.9 Å². The normalized spacial score (nSPS) is 19.6. The van der Waals surface area contributed by atoms with Gasteiger partial charge in [-0.3, -0.25) is 0 Å². The molecule has 2 aliphatic rings. The molecular formula is C30H39F2N7O4. The number of benzene rings is 1. The van der Waals surface area contributed by atoms with Crippen LogP contribution in [0.4, 0.5) is 25.5 Å². The number of aromatic nitrogens is 4. The van der Waals surface area contributed by atoms with Crippen LogP contribution in [0.5, 0.6) is 5.75 Å². The molecule has 1 aromatic carbocycles. The van der Waals surface area contributed by atoms with Gasteiger partial charge in [0.25, 0.3) is 0 Å². The van der Waals surface area contributed by atoms with Crippen LogP contribution in [0.15, 0.2) is 35.0 Å². The summed E-state index contributed by atoms with van der Waals surface area (Å²) in [6.07, 6.45) is 4.44. The Morgan fingerprint density at radius 3 is 2.47 bits per heavy atom. The van der Waals surface area contributed by atoms with Gasteiger partial charge in [0.1, 0.15) is 17.2 Å². The first-order valence-corrected chi connectivity index (χ1v) is 14.7. The summed E-state index contributed by atoms with van der Waals surface area (Å²) in [4.78, 5) is 25.5. The highest BCUT2D eigenvalue weighted by atomic mass is 19.1. The predicted molar refractivity (Wildman–Crippen MR) is 155 cm³/mol. The van der Waals surface area contributed by atoms with Crippen molar-refractivity contribution in [3.8, 4) is 5.75 Å². The molecule has 5 rings (SSSR count). The topological polar surface area (TPSA) is 119 Å². The van der Waals surface area contributed by atoms with Crippen molar-refractivity contribution in [2.24, 2.45) is 5.92 Å². The summed E-state index contributed by atoms with van der Waals surface area (Å²) in [6, 6.07) is 3.35. The molecule has 2 aliphatic heterocycles. The second-order valence-electron chi connectivity index (χ2n) is 12.5. The zero-order valence-electron chi connectivity index (χ0n) is 25.2. The second-order valence-corrected chi connectivity index (χ2v) is 12.5. The largest absolute Gasteiger partial charge is 0.490 e. The van der Waals surface area contributed by atoms with E-state index in [0.717, 1.165) is 38.1 Å². The van der Waals surface area contributed by atoms with Gasteiger partial charge < -0.3 is 29.0 Å². The molecule has 2 atom stereocenters. The molecular weight excluding hydrogens is 560 g/mol. The lowest BCUT2D eigenvalue weighted by Crippen LogP contribution is -2.43. The Morgan fingerprint density at radius 1 is 1.09 bits per heavy atom. The highest BCUT2D eigenvalue weighted by molar-refractivity contribution is 5.68. The monoisotopic (exact) mass is 599 g/mol. The fourth-order valence-corrected chi connectivity index (χ4v) is 5.33. The van der Waals surface area contributed by atoms with E-state index in [9.17, 15) is 13.6 Å². The molecule has 1 amide bonds. The number of rotatable bonds is 8. The summed E-state index contributed by atoms with van der Waals surface area (Å²) < 4.78 is 46.0. The number of carbonyl (C=O) groups excluding carboxylic acids is 1. The molecule has 0 bridgehead atoms. The van der Waals surface area contributed by atoms with Gasteiger partial charge in [-0.1, -0.05) is 18.9 Å². The van der Waals surface area contributed by atoms with E-state index in [1.807, 2.05) is 18.7 Å². The number of piperidine rings is 1. The van der Waals surface area contributed by atoms with Gasteiger partial charge in [0.05, 0.1) is 25.0 Å². The first kappa shape index (κ1) is 30.4. The van der Waals surface area contributed by atoms with E-state index >= 15 is 0 Å². The molecule has 2 aromatic heterocycles. The summed E-state index contributed by atoms with van der Waals surface area (Å²) in [6.45, 7) is 12.0. The Bertz CT molecular complexity index is 1390. The van der Waals surface area contributed by atoms with Gasteiger partial charge in [-0.15, -0.1) is 5.10 Å². The van der Waals surface area contributed by atoms with Crippen molar-refractivity contribution in [2.75, 3.05) is 42.6 Å². The third-order valence-corrected chi connectivity index (χ3v) is 7.57. The Kier molecular flexibility index (Phi) is 8.97. The smallest absolute Gasteiger partial charge is 0.407 e. The van der Waals surface area contributed by atoms with Crippen molar-refractivity contribution < 1.29 is 27.5 Å². The SMILES string of the molecule is CC(C)c1nnc(N2CCC(COc3cnc(N4C[C@H](NC(=O)OC(C)(C)C)[C@@H](c5cc(F)ccc5F)C4)nc3)CC2)o1. The molecule has 43 heavy (non-hydrogen) atoms. The molecule has 0 saturated carbocycles. The molecule has 3 aromatic rings. The van der Waals surface area contributed by atoms with E-state index in [2.05, 4.69) is 30.4 Å². The van der Waals surface area contributed by atoms with Gasteiger partial charge in [0.2, 0.25) is 11.8 Å². The molecule has 0 spiro atoms. The zero-order chi connectivity index (χ0) is 30.7. The maximum atomic E-state index is 14.8. The minimum absolute atomic E-state index is 0.175. The van der Waals surface area contributed by atoms with Crippen LogP contribution in [0.3, 0.4) is 0 Å². The summed E-state index contributed by atoms with van der Waals surface area (Å²) in [5.74, 6) is 0.503. The van der Waals surface area contributed by atoms with Crippen molar-refractivity contribution >= 4 is 18.1 Å². The maximum absolute atomic E-state index is 14.8. The summed E-state index contributed by atoms with van der Waals surface area (Å²) in [7, 11) is 0. The van der Waals surface area contributed by atoms with Crippen molar-refractivity contribution in [3.63, 3.8) is 0 Å². The van der Waals surface area contributed by atoms with Crippen LogP contribution in [-0.2, 0) is 4.74 Å². The molecule has 1 N–H and O–H groups in total. The molecule has 0 unspecified atom stereocenters. The number of carbonyl (C=O) groups is 1. The van der Waals surface area contributed by atoms with Crippen LogP contribution in [0, 0.1) is 17.6 Å². The number of ether oxygens (including phenoxy) is 2. The van der Waals surface area contributed by atoms with Gasteiger partial charge >= 0.3 is 12.1 Å². The fraction of sp³-hybridized carbons (Fsp3) is 0.567. The average molecular weight is 600 g/mol.